The van der Waals surface area contributed by atoms with Gasteiger partial charge < -0.3 is 15.1 Å². The first-order chi connectivity index (χ1) is 8.11. The van der Waals surface area contributed by atoms with Crippen LogP contribution in [-0.2, 0) is 6.42 Å². The molecule has 0 spiro atoms. The maximum absolute atomic E-state index is 9.08. The van der Waals surface area contributed by atoms with E-state index in [0.29, 0.717) is 6.61 Å². The molecule has 94 valence electrons. The van der Waals surface area contributed by atoms with Crippen molar-refractivity contribution in [2.24, 2.45) is 5.16 Å². The molecule has 4 nitrogen and oxygen atoms in total. The van der Waals surface area contributed by atoms with E-state index in [9.17, 15) is 0 Å². The van der Waals surface area contributed by atoms with Crippen molar-refractivity contribution in [3.8, 4) is 5.75 Å². The number of aliphatic hydroxyl groups is 1. The molecule has 1 atom stereocenters. The second-order valence-corrected chi connectivity index (χ2v) is 4.14. The van der Waals surface area contributed by atoms with Gasteiger partial charge >= 0.3 is 0 Å². The van der Waals surface area contributed by atoms with Crippen LogP contribution in [0.15, 0.2) is 29.4 Å². The third-order valence-corrected chi connectivity index (χ3v) is 2.36. The first-order valence-corrected chi connectivity index (χ1v) is 5.69. The summed E-state index contributed by atoms with van der Waals surface area (Å²) in [5, 5.41) is 20.7. The van der Waals surface area contributed by atoms with E-state index in [1.165, 1.54) is 0 Å². The van der Waals surface area contributed by atoms with Gasteiger partial charge in [0.05, 0.1) is 11.8 Å². The van der Waals surface area contributed by atoms with Gasteiger partial charge in [0, 0.05) is 0 Å². The van der Waals surface area contributed by atoms with Crippen molar-refractivity contribution in [1.29, 1.82) is 0 Å². The van der Waals surface area contributed by atoms with E-state index >= 15 is 0 Å². The standard InChI is InChI=1S/C13H19NO3/c1-10(14-16)3-4-12-5-7-13(8-6-12)17-9-11(2)15/h5-8,11,15-16H,3-4,9H2,1-2H3/b14-10+. The Morgan fingerprint density at radius 2 is 2.00 bits per heavy atom. The lowest BCUT2D eigenvalue weighted by Gasteiger charge is -2.08. The van der Waals surface area contributed by atoms with Gasteiger partial charge in [0.2, 0.25) is 0 Å². The summed E-state index contributed by atoms with van der Waals surface area (Å²) < 4.78 is 5.36. The minimum Gasteiger partial charge on any atom is -0.491 e. The van der Waals surface area contributed by atoms with Gasteiger partial charge in [0.15, 0.2) is 0 Å². The molecule has 0 bridgehead atoms. The van der Waals surface area contributed by atoms with Crippen molar-refractivity contribution in [2.45, 2.75) is 32.8 Å². The molecule has 0 saturated carbocycles. The molecule has 4 heteroatoms. The number of ether oxygens (including phenoxy) is 1. The second-order valence-electron chi connectivity index (χ2n) is 4.14. The van der Waals surface area contributed by atoms with Gasteiger partial charge in [-0.2, -0.15) is 0 Å². The van der Waals surface area contributed by atoms with Gasteiger partial charge in [-0.05, 0) is 44.4 Å². The lowest BCUT2D eigenvalue weighted by molar-refractivity contribution is 0.122. The Morgan fingerprint density at radius 1 is 1.35 bits per heavy atom. The quantitative estimate of drug-likeness (QED) is 0.453. The minimum atomic E-state index is -0.460. The van der Waals surface area contributed by atoms with Gasteiger partial charge in [0.25, 0.3) is 0 Å². The lowest BCUT2D eigenvalue weighted by atomic mass is 10.1. The average Bonchev–Trinajstić information content (AvgIpc) is 2.34. The summed E-state index contributed by atoms with van der Waals surface area (Å²) in [5.41, 5.74) is 1.89. The Hall–Kier alpha value is -1.55. The summed E-state index contributed by atoms with van der Waals surface area (Å²) in [5.74, 6) is 0.752. The molecular formula is C13H19NO3. The van der Waals surface area contributed by atoms with Crippen molar-refractivity contribution in [3.63, 3.8) is 0 Å². The van der Waals surface area contributed by atoms with Crippen LogP contribution in [0.3, 0.4) is 0 Å². The summed E-state index contributed by atoms with van der Waals surface area (Å²) in [7, 11) is 0. The zero-order valence-electron chi connectivity index (χ0n) is 10.3. The normalized spacial score (nSPS) is 13.5. The van der Waals surface area contributed by atoms with Gasteiger partial charge in [-0.15, -0.1) is 0 Å². The number of oxime groups is 1. The molecular weight excluding hydrogens is 218 g/mol. The Bertz CT molecular complexity index is 357. The fourth-order valence-electron chi connectivity index (χ4n) is 1.34. The largest absolute Gasteiger partial charge is 0.491 e. The summed E-state index contributed by atoms with van der Waals surface area (Å²) in [6, 6.07) is 7.70. The van der Waals surface area contributed by atoms with E-state index in [1.54, 1.807) is 13.8 Å². The fourth-order valence-corrected chi connectivity index (χ4v) is 1.34. The van der Waals surface area contributed by atoms with Crippen molar-refractivity contribution in [1.82, 2.24) is 0 Å². The molecule has 0 saturated heterocycles. The van der Waals surface area contributed by atoms with Gasteiger partial charge in [-0.3, -0.25) is 0 Å². The minimum absolute atomic E-state index is 0.301. The summed E-state index contributed by atoms with van der Waals surface area (Å²) in [6.45, 7) is 3.78. The number of aryl methyl sites for hydroxylation is 1. The molecule has 0 aliphatic rings. The van der Waals surface area contributed by atoms with E-state index in [4.69, 9.17) is 15.1 Å². The Morgan fingerprint density at radius 3 is 2.53 bits per heavy atom. The first kappa shape index (κ1) is 13.5. The van der Waals surface area contributed by atoms with Crippen LogP contribution in [0.5, 0.6) is 5.75 Å². The number of hydrogen-bond donors (Lipinski definition) is 2. The van der Waals surface area contributed by atoms with E-state index in [2.05, 4.69) is 5.16 Å². The number of aliphatic hydroxyl groups excluding tert-OH is 1. The average molecular weight is 237 g/mol. The predicted molar refractivity (Wildman–Crippen MR) is 66.8 cm³/mol. The molecule has 0 amide bonds. The first-order valence-electron chi connectivity index (χ1n) is 5.69. The Balaban J connectivity index is 2.44. The predicted octanol–water partition coefficient (Wildman–Crippen LogP) is 2.23. The van der Waals surface area contributed by atoms with E-state index < -0.39 is 6.10 Å². The van der Waals surface area contributed by atoms with Crippen molar-refractivity contribution in [2.75, 3.05) is 6.61 Å². The molecule has 1 aromatic rings. The molecule has 1 rings (SSSR count). The number of benzene rings is 1. The molecule has 0 fully saturated rings. The Kier molecular flexibility index (Phi) is 5.49. The molecule has 0 aliphatic carbocycles. The van der Waals surface area contributed by atoms with Crippen LogP contribution in [0.25, 0.3) is 0 Å². The van der Waals surface area contributed by atoms with Crippen LogP contribution >= 0.6 is 0 Å². The molecule has 0 heterocycles. The summed E-state index contributed by atoms with van der Waals surface area (Å²) in [6.07, 6.45) is 1.12. The topological polar surface area (TPSA) is 62.0 Å². The molecule has 17 heavy (non-hydrogen) atoms. The monoisotopic (exact) mass is 237 g/mol. The van der Waals surface area contributed by atoms with Gasteiger partial charge in [-0.25, -0.2) is 0 Å². The van der Waals surface area contributed by atoms with Gasteiger partial charge in [-0.1, -0.05) is 17.3 Å². The lowest BCUT2D eigenvalue weighted by Crippen LogP contribution is -2.12. The number of hydrogen-bond acceptors (Lipinski definition) is 4. The molecule has 1 unspecified atom stereocenters. The van der Waals surface area contributed by atoms with E-state index in [1.807, 2.05) is 24.3 Å². The van der Waals surface area contributed by atoms with Crippen LogP contribution in [-0.4, -0.2) is 28.7 Å². The van der Waals surface area contributed by atoms with Crippen LogP contribution in [0.2, 0.25) is 0 Å². The second kappa shape index (κ2) is 6.91. The van der Waals surface area contributed by atoms with E-state index in [0.717, 1.165) is 29.9 Å². The molecule has 0 radical (unpaired) electrons. The number of rotatable bonds is 6. The third kappa shape index (κ3) is 5.36. The van der Waals surface area contributed by atoms with Gasteiger partial charge in [0.1, 0.15) is 12.4 Å². The highest BCUT2D eigenvalue weighted by Gasteiger charge is 1.99. The maximum Gasteiger partial charge on any atom is 0.119 e. The highest BCUT2D eigenvalue weighted by Crippen LogP contribution is 2.13. The fraction of sp³-hybridized carbons (Fsp3) is 0.462. The highest BCUT2D eigenvalue weighted by molar-refractivity contribution is 5.81. The third-order valence-electron chi connectivity index (χ3n) is 2.36. The molecule has 0 aliphatic heterocycles. The smallest absolute Gasteiger partial charge is 0.119 e. The highest BCUT2D eigenvalue weighted by atomic mass is 16.5. The molecule has 1 aromatic carbocycles. The molecule has 0 aromatic heterocycles. The van der Waals surface area contributed by atoms with Crippen molar-refractivity contribution >= 4 is 5.71 Å². The molecule has 2 N–H and O–H groups in total. The van der Waals surface area contributed by atoms with Crippen molar-refractivity contribution in [3.05, 3.63) is 29.8 Å². The van der Waals surface area contributed by atoms with Crippen LogP contribution in [0.1, 0.15) is 25.8 Å². The zero-order chi connectivity index (χ0) is 12.7. The summed E-state index contributed by atoms with van der Waals surface area (Å²) >= 11 is 0. The van der Waals surface area contributed by atoms with Crippen LogP contribution in [0.4, 0.5) is 0 Å². The summed E-state index contributed by atoms with van der Waals surface area (Å²) in [4.78, 5) is 0. The van der Waals surface area contributed by atoms with E-state index in [-0.39, 0.29) is 0 Å². The maximum atomic E-state index is 9.08. The van der Waals surface area contributed by atoms with Crippen LogP contribution in [0, 0.1) is 0 Å². The van der Waals surface area contributed by atoms with Crippen molar-refractivity contribution < 1.29 is 15.1 Å². The Labute approximate surface area is 102 Å². The number of nitrogens with zero attached hydrogens (tertiary/aromatic N) is 1. The SMILES string of the molecule is C/C(CCc1ccc(OCC(C)O)cc1)=N\O. The van der Waals surface area contributed by atoms with Crippen LogP contribution < -0.4 is 4.74 Å². The zero-order valence-corrected chi connectivity index (χ0v) is 10.3.